The fourth-order valence-electron chi connectivity index (χ4n) is 2.74. The minimum atomic E-state index is -0.0674. The molecule has 2 N–H and O–H groups in total. The van der Waals surface area contributed by atoms with E-state index in [1.165, 1.54) is 0 Å². The van der Waals surface area contributed by atoms with Crippen molar-refractivity contribution in [2.75, 3.05) is 13.1 Å². The van der Waals surface area contributed by atoms with Gasteiger partial charge < -0.3 is 10.6 Å². The highest BCUT2D eigenvalue weighted by Crippen LogP contribution is 2.18. The van der Waals surface area contributed by atoms with E-state index < -0.39 is 0 Å². The van der Waals surface area contributed by atoms with E-state index in [9.17, 15) is 4.79 Å². The van der Waals surface area contributed by atoms with Gasteiger partial charge in [0.25, 0.3) is 5.91 Å². The molecule has 1 amide bonds. The number of hydrogen-bond donors (Lipinski definition) is 1. The number of likely N-dealkylation sites (tertiary alicyclic amines) is 1. The van der Waals surface area contributed by atoms with Gasteiger partial charge in [0.05, 0.1) is 12.7 Å². The van der Waals surface area contributed by atoms with Crippen molar-refractivity contribution in [2.45, 2.75) is 25.4 Å². The number of rotatable bonds is 4. The van der Waals surface area contributed by atoms with E-state index in [0.717, 1.165) is 24.9 Å². The van der Waals surface area contributed by atoms with Crippen LogP contribution in [-0.4, -0.2) is 44.9 Å². The second-order valence-corrected chi connectivity index (χ2v) is 5.32. The van der Waals surface area contributed by atoms with Crippen molar-refractivity contribution in [1.29, 1.82) is 0 Å². The fourth-order valence-corrected chi connectivity index (χ4v) is 2.74. The highest BCUT2D eigenvalue weighted by molar-refractivity contribution is 5.92. The molecule has 6 heteroatoms. The third-order valence-corrected chi connectivity index (χ3v) is 3.86. The first kappa shape index (κ1) is 13.8. The first-order valence-electron chi connectivity index (χ1n) is 7.23. The Morgan fingerprint density at radius 3 is 2.90 bits per heavy atom. The van der Waals surface area contributed by atoms with E-state index in [0.29, 0.717) is 18.8 Å². The standard InChI is InChI=1S/C15H19N5O/c16-9-13-7-4-8-20(13)15(21)14-11-19(18-17-14)10-12-5-2-1-3-6-12/h1-3,5-6,11,13H,4,7-10,16H2. The van der Waals surface area contributed by atoms with Crippen molar-refractivity contribution in [2.24, 2.45) is 5.73 Å². The minimum absolute atomic E-state index is 0.0674. The highest BCUT2D eigenvalue weighted by atomic mass is 16.2. The Kier molecular flexibility index (Phi) is 3.96. The molecule has 1 aliphatic heterocycles. The van der Waals surface area contributed by atoms with Crippen molar-refractivity contribution in [3.63, 3.8) is 0 Å². The molecule has 1 aromatic carbocycles. The molecule has 0 saturated carbocycles. The van der Waals surface area contributed by atoms with Crippen LogP contribution in [0.15, 0.2) is 36.5 Å². The molecule has 0 spiro atoms. The van der Waals surface area contributed by atoms with Crippen LogP contribution < -0.4 is 5.73 Å². The average molecular weight is 285 g/mol. The topological polar surface area (TPSA) is 77.0 Å². The van der Waals surface area contributed by atoms with Crippen molar-refractivity contribution in [3.05, 3.63) is 47.8 Å². The van der Waals surface area contributed by atoms with Gasteiger partial charge in [-0.1, -0.05) is 35.5 Å². The lowest BCUT2D eigenvalue weighted by Crippen LogP contribution is -2.40. The lowest BCUT2D eigenvalue weighted by Gasteiger charge is -2.22. The van der Waals surface area contributed by atoms with Gasteiger partial charge in [-0.25, -0.2) is 4.68 Å². The van der Waals surface area contributed by atoms with Gasteiger partial charge in [0, 0.05) is 19.1 Å². The number of amides is 1. The van der Waals surface area contributed by atoms with E-state index in [4.69, 9.17) is 5.73 Å². The Labute approximate surface area is 123 Å². The predicted octanol–water partition coefficient (Wildman–Crippen LogP) is 0.890. The number of aromatic nitrogens is 3. The summed E-state index contributed by atoms with van der Waals surface area (Å²) >= 11 is 0. The lowest BCUT2D eigenvalue weighted by molar-refractivity contribution is 0.0735. The van der Waals surface area contributed by atoms with Crippen LogP contribution in [0.1, 0.15) is 28.9 Å². The number of carbonyl (C=O) groups is 1. The molecule has 6 nitrogen and oxygen atoms in total. The normalized spacial score (nSPS) is 18.1. The van der Waals surface area contributed by atoms with Crippen LogP contribution in [0.5, 0.6) is 0 Å². The number of nitrogens with two attached hydrogens (primary N) is 1. The summed E-state index contributed by atoms with van der Waals surface area (Å²) in [5.74, 6) is -0.0674. The van der Waals surface area contributed by atoms with E-state index in [-0.39, 0.29) is 11.9 Å². The average Bonchev–Trinajstić information content (AvgIpc) is 3.16. The molecule has 21 heavy (non-hydrogen) atoms. The highest BCUT2D eigenvalue weighted by Gasteiger charge is 2.29. The van der Waals surface area contributed by atoms with Crippen LogP contribution in [0.2, 0.25) is 0 Å². The van der Waals surface area contributed by atoms with Crippen LogP contribution >= 0.6 is 0 Å². The third-order valence-electron chi connectivity index (χ3n) is 3.86. The van der Waals surface area contributed by atoms with Crippen molar-refractivity contribution in [3.8, 4) is 0 Å². The molecule has 0 radical (unpaired) electrons. The Balaban J connectivity index is 1.71. The largest absolute Gasteiger partial charge is 0.333 e. The molecule has 1 atom stereocenters. The summed E-state index contributed by atoms with van der Waals surface area (Å²) in [5, 5.41) is 8.05. The summed E-state index contributed by atoms with van der Waals surface area (Å²) in [6.45, 7) is 1.87. The van der Waals surface area contributed by atoms with Crippen LogP contribution in [0, 0.1) is 0 Å². The smallest absolute Gasteiger partial charge is 0.276 e. The van der Waals surface area contributed by atoms with Gasteiger partial charge in [0.1, 0.15) is 0 Å². The zero-order valence-corrected chi connectivity index (χ0v) is 11.9. The number of benzene rings is 1. The minimum Gasteiger partial charge on any atom is -0.333 e. The Bertz CT molecular complexity index is 610. The van der Waals surface area contributed by atoms with Gasteiger partial charge in [-0.15, -0.1) is 5.10 Å². The summed E-state index contributed by atoms with van der Waals surface area (Å²) in [4.78, 5) is 14.3. The first-order chi connectivity index (χ1) is 10.3. The molecular formula is C15H19N5O. The molecule has 1 aromatic heterocycles. The maximum atomic E-state index is 12.4. The molecule has 0 aliphatic carbocycles. The maximum absolute atomic E-state index is 12.4. The van der Waals surface area contributed by atoms with E-state index in [1.807, 2.05) is 35.2 Å². The number of hydrogen-bond acceptors (Lipinski definition) is 4. The van der Waals surface area contributed by atoms with Crippen LogP contribution in [0.4, 0.5) is 0 Å². The quantitative estimate of drug-likeness (QED) is 0.905. The van der Waals surface area contributed by atoms with E-state index >= 15 is 0 Å². The Morgan fingerprint density at radius 2 is 2.14 bits per heavy atom. The number of carbonyl (C=O) groups excluding carboxylic acids is 1. The second kappa shape index (κ2) is 6.05. The molecule has 1 saturated heterocycles. The van der Waals surface area contributed by atoms with E-state index in [2.05, 4.69) is 10.3 Å². The molecule has 3 rings (SSSR count). The van der Waals surface area contributed by atoms with Gasteiger partial charge in [-0.3, -0.25) is 4.79 Å². The summed E-state index contributed by atoms with van der Waals surface area (Å²) in [6.07, 6.45) is 3.69. The van der Waals surface area contributed by atoms with Crippen molar-refractivity contribution < 1.29 is 4.79 Å². The summed E-state index contributed by atoms with van der Waals surface area (Å²) < 4.78 is 1.69. The summed E-state index contributed by atoms with van der Waals surface area (Å²) in [6, 6.07) is 10.1. The molecule has 0 bridgehead atoms. The number of nitrogens with zero attached hydrogens (tertiary/aromatic N) is 4. The second-order valence-electron chi connectivity index (χ2n) is 5.32. The predicted molar refractivity (Wildman–Crippen MR) is 78.7 cm³/mol. The zero-order chi connectivity index (χ0) is 14.7. The summed E-state index contributed by atoms with van der Waals surface area (Å²) in [7, 11) is 0. The lowest BCUT2D eigenvalue weighted by atomic mass is 10.2. The van der Waals surface area contributed by atoms with Gasteiger partial charge in [-0.05, 0) is 18.4 Å². The van der Waals surface area contributed by atoms with Crippen LogP contribution in [0.25, 0.3) is 0 Å². The molecular weight excluding hydrogens is 266 g/mol. The first-order valence-corrected chi connectivity index (χ1v) is 7.23. The van der Waals surface area contributed by atoms with Crippen molar-refractivity contribution in [1.82, 2.24) is 19.9 Å². The van der Waals surface area contributed by atoms with Gasteiger partial charge >= 0.3 is 0 Å². The maximum Gasteiger partial charge on any atom is 0.276 e. The van der Waals surface area contributed by atoms with Crippen LogP contribution in [-0.2, 0) is 6.54 Å². The molecule has 110 valence electrons. The van der Waals surface area contributed by atoms with Crippen molar-refractivity contribution >= 4 is 5.91 Å². The molecule has 2 heterocycles. The molecule has 1 unspecified atom stereocenters. The third kappa shape index (κ3) is 2.95. The van der Waals surface area contributed by atoms with Crippen LogP contribution in [0.3, 0.4) is 0 Å². The monoisotopic (exact) mass is 285 g/mol. The van der Waals surface area contributed by atoms with E-state index in [1.54, 1.807) is 10.9 Å². The summed E-state index contributed by atoms with van der Waals surface area (Å²) in [5.41, 5.74) is 7.23. The van der Waals surface area contributed by atoms with Gasteiger partial charge in [-0.2, -0.15) is 0 Å². The fraction of sp³-hybridized carbons (Fsp3) is 0.400. The zero-order valence-electron chi connectivity index (χ0n) is 11.9. The van der Waals surface area contributed by atoms with Gasteiger partial charge in [0.2, 0.25) is 0 Å². The van der Waals surface area contributed by atoms with Gasteiger partial charge in [0.15, 0.2) is 5.69 Å². The SMILES string of the molecule is NCC1CCCN1C(=O)c1cn(Cc2ccccc2)nn1. The Morgan fingerprint density at radius 1 is 1.33 bits per heavy atom. The Hall–Kier alpha value is -2.21. The molecule has 1 aliphatic rings. The molecule has 2 aromatic rings. The molecule has 1 fully saturated rings.